The standard InChI is InChI=1S/C29H32Cl2N8O3Si/c1-29(2,3)43(4,5)42-19-14-38(15-19)16-23(27(40)37-24-10-9-18(11-32)12-33-24)41-28-20-13-36-39(26(20)34-17-35-28)25-21(30)7-6-8-22(25)31/h6-10,12-13,17,19,23H,14-16H2,1-5H3,(H,33,37,40)/t23-/m0/s1. The van der Waals surface area contributed by atoms with Gasteiger partial charge in [0.2, 0.25) is 5.88 Å². The highest BCUT2D eigenvalue weighted by molar-refractivity contribution is 6.74. The second kappa shape index (κ2) is 12.2. The van der Waals surface area contributed by atoms with Gasteiger partial charge in [-0.3, -0.25) is 9.69 Å². The number of carbonyl (C=O) groups excluding carboxylic acids is 1. The van der Waals surface area contributed by atoms with Crippen molar-refractivity contribution in [3.8, 4) is 17.6 Å². The number of pyridine rings is 1. The molecule has 0 saturated carbocycles. The Morgan fingerprint density at radius 2 is 1.86 bits per heavy atom. The van der Waals surface area contributed by atoms with Crippen molar-refractivity contribution in [3.63, 3.8) is 0 Å². The molecular formula is C29H32Cl2N8O3Si. The first-order chi connectivity index (χ1) is 20.4. The van der Waals surface area contributed by atoms with Crippen molar-refractivity contribution < 1.29 is 14.0 Å². The lowest BCUT2D eigenvalue weighted by atomic mass is 10.1. The summed E-state index contributed by atoms with van der Waals surface area (Å²) < 4.78 is 14.3. The van der Waals surface area contributed by atoms with Crippen LogP contribution in [-0.4, -0.2) is 75.7 Å². The van der Waals surface area contributed by atoms with Crippen molar-refractivity contribution in [1.29, 1.82) is 5.26 Å². The third kappa shape index (κ3) is 6.66. The molecular weight excluding hydrogens is 607 g/mol. The Morgan fingerprint density at radius 3 is 2.49 bits per heavy atom. The molecule has 1 aliphatic heterocycles. The molecule has 0 radical (unpaired) electrons. The molecule has 0 spiro atoms. The molecule has 43 heavy (non-hydrogen) atoms. The number of nitriles is 1. The van der Waals surface area contributed by atoms with E-state index in [-0.39, 0.29) is 23.6 Å². The number of ether oxygens (including phenoxy) is 1. The van der Waals surface area contributed by atoms with Crippen molar-refractivity contribution in [2.24, 2.45) is 0 Å². The lowest BCUT2D eigenvalue weighted by Crippen LogP contribution is -2.60. The maximum Gasteiger partial charge on any atom is 0.268 e. The number of benzene rings is 1. The first-order valence-corrected chi connectivity index (χ1v) is 17.4. The summed E-state index contributed by atoms with van der Waals surface area (Å²) in [5.41, 5.74) is 1.28. The van der Waals surface area contributed by atoms with E-state index in [1.165, 1.54) is 17.2 Å². The van der Waals surface area contributed by atoms with Gasteiger partial charge in [0.15, 0.2) is 20.1 Å². The van der Waals surface area contributed by atoms with E-state index in [0.29, 0.717) is 51.2 Å². The van der Waals surface area contributed by atoms with Gasteiger partial charge >= 0.3 is 0 Å². The summed E-state index contributed by atoms with van der Waals surface area (Å²) in [5, 5.41) is 17.7. The molecule has 4 heterocycles. The van der Waals surface area contributed by atoms with E-state index in [4.69, 9.17) is 37.6 Å². The lowest BCUT2D eigenvalue weighted by Gasteiger charge is -2.46. The highest BCUT2D eigenvalue weighted by Crippen LogP contribution is 2.38. The van der Waals surface area contributed by atoms with Crippen LogP contribution in [0.1, 0.15) is 26.3 Å². The van der Waals surface area contributed by atoms with Gasteiger partial charge in [-0.05, 0) is 42.4 Å². The molecule has 11 nitrogen and oxygen atoms in total. The third-order valence-corrected chi connectivity index (χ3v) is 12.9. The molecule has 1 N–H and O–H groups in total. The van der Waals surface area contributed by atoms with Gasteiger partial charge in [-0.1, -0.05) is 50.0 Å². The summed E-state index contributed by atoms with van der Waals surface area (Å²) in [6, 6.07) is 10.3. The molecule has 1 atom stereocenters. The number of hydrogen-bond donors (Lipinski definition) is 1. The number of nitrogens with zero attached hydrogens (tertiary/aromatic N) is 7. The van der Waals surface area contributed by atoms with Gasteiger partial charge in [0, 0.05) is 25.8 Å². The van der Waals surface area contributed by atoms with Crippen molar-refractivity contribution in [2.75, 3.05) is 25.0 Å². The minimum atomic E-state index is -1.93. The summed E-state index contributed by atoms with van der Waals surface area (Å²) in [6.07, 6.45) is 3.41. The number of halogens is 2. The molecule has 1 fully saturated rings. The fourth-order valence-corrected chi connectivity index (χ4v) is 6.29. The minimum Gasteiger partial charge on any atom is -0.462 e. The van der Waals surface area contributed by atoms with Crippen LogP contribution in [0.15, 0.2) is 49.1 Å². The highest BCUT2D eigenvalue weighted by Gasteiger charge is 2.42. The number of para-hydroxylation sites is 1. The predicted octanol–water partition coefficient (Wildman–Crippen LogP) is 5.48. The number of fused-ring (bicyclic) bond motifs is 1. The summed E-state index contributed by atoms with van der Waals surface area (Å²) in [4.78, 5) is 28.5. The SMILES string of the molecule is CC(C)(C)[Si](C)(C)OC1CN(C[C@H](Oc2ncnc3c2cnn3-c2c(Cl)cccc2Cl)C(=O)Nc2ccc(C#N)cn2)C1. The van der Waals surface area contributed by atoms with Crippen molar-refractivity contribution in [2.45, 2.75) is 51.1 Å². The largest absolute Gasteiger partial charge is 0.462 e. The molecule has 1 aliphatic rings. The maximum atomic E-state index is 13.5. The molecule has 1 amide bonds. The highest BCUT2D eigenvalue weighted by atomic mass is 35.5. The number of carbonyl (C=O) groups is 1. The molecule has 0 aliphatic carbocycles. The number of likely N-dealkylation sites (tertiary alicyclic amines) is 1. The van der Waals surface area contributed by atoms with Gasteiger partial charge < -0.3 is 14.5 Å². The van der Waals surface area contributed by atoms with E-state index in [0.717, 1.165) is 0 Å². The number of anilines is 1. The Balaban J connectivity index is 1.38. The number of hydrogen-bond acceptors (Lipinski definition) is 9. The number of amides is 1. The zero-order valence-electron chi connectivity index (χ0n) is 24.5. The van der Waals surface area contributed by atoms with Gasteiger partial charge in [0.05, 0.1) is 27.9 Å². The van der Waals surface area contributed by atoms with E-state index >= 15 is 0 Å². The van der Waals surface area contributed by atoms with E-state index < -0.39 is 20.3 Å². The molecule has 224 valence electrons. The first kappa shape index (κ1) is 30.8. The van der Waals surface area contributed by atoms with E-state index in [1.807, 2.05) is 6.07 Å². The summed E-state index contributed by atoms with van der Waals surface area (Å²) in [5.74, 6) is 0.0654. The molecule has 0 unspecified atom stereocenters. The molecule has 5 rings (SSSR count). The van der Waals surface area contributed by atoms with Crippen LogP contribution in [0.3, 0.4) is 0 Å². The van der Waals surface area contributed by atoms with Crippen LogP contribution in [0.4, 0.5) is 5.82 Å². The van der Waals surface area contributed by atoms with E-state index in [1.54, 1.807) is 36.5 Å². The van der Waals surface area contributed by atoms with Gasteiger partial charge in [-0.15, -0.1) is 0 Å². The topological polar surface area (TPSA) is 131 Å². The Labute approximate surface area is 260 Å². The van der Waals surface area contributed by atoms with Crippen LogP contribution in [-0.2, 0) is 9.22 Å². The quantitative estimate of drug-likeness (QED) is 0.237. The second-order valence-electron chi connectivity index (χ2n) is 11.9. The average Bonchev–Trinajstić information content (AvgIpc) is 3.35. The van der Waals surface area contributed by atoms with Crippen molar-refractivity contribution >= 4 is 54.3 Å². The molecule has 4 aromatic rings. The molecule has 1 saturated heterocycles. The zero-order chi connectivity index (χ0) is 30.9. The van der Waals surface area contributed by atoms with Gasteiger partial charge in [-0.25, -0.2) is 19.6 Å². The summed E-state index contributed by atoms with van der Waals surface area (Å²) in [6.45, 7) is 12.7. The maximum absolute atomic E-state index is 13.5. The normalized spacial score (nSPS) is 15.1. The van der Waals surface area contributed by atoms with Crippen LogP contribution in [0.5, 0.6) is 5.88 Å². The fraction of sp³-hybridized carbons (Fsp3) is 0.379. The van der Waals surface area contributed by atoms with Crippen molar-refractivity contribution in [1.82, 2.24) is 29.6 Å². The minimum absolute atomic E-state index is 0.0918. The zero-order valence-corrected chi connectivity index (χ0v) is 27.0. The Bertz CT molecular complexity index is 1660. The van der Waals surface area contributed by atoms with Gasteiger partial charge in [-0.2, -0.15) is 10.4 Å². The Hall–Kier alpha value is -3.60. The second-order valence-corrected chi connectivity index (χ2v) is 17.5. The summed E-state index contributed by atoms with van der Waals surface area (Å²) >= 11 is 12.9. The lowest BCUT2D eigenvalue weighted by molar-refractivity contribution is -0.125. The molecule has 3 aromatic heterocycles. The van der Waals surface area contributed by atoms with Gasteiger partial charge in [0.1, 0.15) is 29.3 Å². The molecule has 1 aromatic carbocycles. The van der Waals surface area contributed by atoms with E-state index in [2.05, 4.69) is 64.1 Å². The number of aromatic nitrogens is 5. The van der Waals surface area contributed by atoms with Crippen LogP contribution in [0.2, 0.25) is 28.2 Å². The number of rotatable bonds is 9. The smallest absolute Gasteiger partial charge is 0.268 e. The average molecular weight is 640 g/mol. The van der Waals surface area contributed by atoms with Gasteiger partial charge in [0.25, 0.3) is 5.91 Å². The van der Waals surface area contributed by atoms with E-state index in [9.17, 15) is 4.79 Å². The fourth-order valence-electron chi connectivity index (χ4n) is 4.39. The van der Waals surface area contributed by atoms with Crippen LogP contribution >= 0.6 is 23.2 Å². The van der Waals surface area contributed by atoms with Crippen LogP contribution < -0.4 is 10.1 Å². The Kier molecular flexibility index (Phi) is 8.74. The Morgan fingerprint density at radius 1 is 1.14 bits per heavy atom. The van der Waals surface area contributed by atoms with Crippen LogP contribution in [0, 0.1) is 11.3 Å². The van der Waals surface area contributed by atoms with Crippen LogP contribution in [0.25, 0.3) is 16.7 Å². The molecule has 14 heteroatoms. The van der Waals surface area contributed by atoms with Crippen molar-refractivity contribution in [3.05, 3.63) is 64.7 Å². The third-order valence-electron chi connectivity index (χ3n) is 7.78. The summed E-state index contributed by atoms with van der Waals surface area (Å²) in [7, 11) is -1.93. The molecule has 0 bridgehead atoms. The monoisotopic (exact) mass is 638 g/mol. The predicted molar refractivity (Wildman–Crippen MR) is 167 cm³/mol. The first-order valence-electron chi connectivity index (χ1n) is 13.7. The number of nitrogens with one attached hydrogen (secondary N) is 1.